The minimum Gasteiger partial charge on any atom is -0.370 e. The number of rotatable bonds is 8. The van der Waals surface area contributed by atoms with Gasteiger partial charge in [-0.15, -0.1) is 0 Å². The molecule has 1 aromatic rings. The molecule has 1 aliphatic heterocycles. The molecule has 33 heavy (non-hydrogen) atoms. The maximum absolute atomic E-state index is 13.8. The van der Waals surface area contributed by atoms with Crippen LogP contribution in [0.1, 0.15) is 38.7 Å². The molecule has 8 nitrogen and oxygen atoms in total. The highest BCUT2D eigenvalue weighted by atomic mass is 19.4. The fourth-order valence-corrected chi connectivity index (χ4v) is 4.11. The van der Waals surface area contributed by atoms with Gasteiger partial charge in [-0.25, -0.2) is 0 Å². The van der Waals surface area contributed by atoms with Crippen LogP contribution in [0.25, 0.3) is 0 Å². The Morgan fingerprint density at radius 3 is 2.52 bits per heavy atom. The number of nitrogens with one attached hydrogen (secondary N) is 1. The van der Waals surface area contributed by atoms with Crippen molar-refractivity contribution in [3.63, 3.8) is 0 Å². The van der Waals surface area contributed by atoms with E-state index in [1.165, 1.54) is 6.07 Å². The van der Waals surface area contributed by atoms with Crippen LogP contribution in [0.3, 0.4) is 0 Å². The molecule has 3 amide bonds. The molecule has 11 heteroatoms. The second-order valence-electron chi connectivity index (χ2n) is 8.80. The Bertz CT molecular complexity index is 902. The lowest BCUT2D eigenvalue weighted by atomic mass is 9.89. The van der Waals surface area contributed by atoms with E-state index < -0.39 is 35.5 Å². The largest absolute Gasteiger partial charge is 0.418 e. The number of primary amides is 1. The smallest absolute Gasteiger partial charge is 0.370 e. The van der Waals surface area contributed by atoms with E-state index in [-0.39, 0.29) is 43.1 Å². The highest BCUT2D eigenvalue weighted by molar-refractivity contribution is 6.09. The first kappa shape index (κ1) is 25.0. The second-order valence-corrected chi connectivity index (χ2v) is 8.80. The SMILES string of the molecule is CC(C)CN(C1CCC1)[C@H](C(N)=O)C(=O)Nc1ccc(N2CCOCC2=O)c(C(F)(F)F)c1. The molecule has 1 saturated heterocycles. The number of carbonyl (C=O) groups is 3. The second kappa shape index (κ2) is 10.1. The van der Waals surface area contributed by atoms with E-state index in [1.54, 1.807) is 4.90 Å². The third-order valence-electron chi connectivity index (χ3n) is 5.82. The van der Waals surface area contributed by atoms with Gasteiger partial charge in [0, 0.05) is 24.8 Å². The molecule has 0 spiro atoms. The van der Waals surface area contributed by atoms with Crippen molar-refractivity contribution in [1.82, 2.24) is 4.90 Å². The number of amides is 3. The Kier molecular flexibility index (Phi) is 7.63. The van der Waals surface area contributed by atoms with Crippen LogP contribution in [0.2, 0.25) is 0 Å². The fourth-order valence-electron chi connectivity index (χ4n) is 4.11. The summed E-state index contributed by atoms with van der Waals surface area (Å²) in [5.41, 5.74) is 4.03. The summed E-state index contributed by atoms with van der Waals surface area (Å²) in [6.07, 6.45) is -2.15. The topological polar surface area (TPSA) is 105 Å². The fraction of sp³-hybridized carbons (Fsp3) is 0.591. The molecule has 0 radical (unpaired) electrons. The molecule has 0 aromatic heterocycles. The lowest BCUT2D eigenvalue weighted by Crippen LogP contribution is -2.58. The van der Waals surface area contributed by atoms with E-state index in [9.17, 15) is 27.6 Å². The van der Waals surface area contributed by atoms with Gasteiger partial charge in [0.2, 0.25) is 5.91 Å². The Morgan fingerprint density at radius 1 is 1.30 bits per heavy atom. The number of nitrogens with zero attached hydrogens (tertiary/aromatic N) is 2. The van der Waals surface area contributed by atoms with Crippen LogP contribution in [0, 0.1) is 5.92 Å². The van der Waals surface area contributed by atoms with Crippen LogP contribution in [0.5, 0.6) is 0 Å². The van der Waals surface area contributed by atoms with Gasteiger partial charge >= 0.3 is 6.18 Å². The minimum absolute atomic E-state index is 0.0110. The standard InChI is InChI=1S/C22H29F3N4O4/c1-13(2)11-29(15-4-3-5-15)19(20(26)31)21(32)27-14-6-7-17(16(10-14)22(23,24)25)28-8-9-33-12-18(28)30/h6-7,10,13,15,19H,3-5,8-9,11-12H2,1-2H3,(H2,26,31)(H,27,32)/t19-/m1/s1. The molecular weight excluding hydrogens is 441 g/mol. The molecular formula is C22H29F3N4O4. The van der Waals surface area contributed by atoms with Gasteiger partial charge in [0.1, 0.15) is 6.61 Å². The normalized spacial score (nSPS) is 18.4. The average Bonchev–Trinajstić information content (AvgIpc) is 2.66. The average molecular weight is 470 g/mol. The summed E-state index contributed by atoms with van der Waals surface area (Å²) in [4.78, 5) is 40.0. The van der Waals surface area contributed by atoms with Crippen LogP contribution in [0.4, 0.5) is 24.5 Å². The summed E-state index contributed by atoms with van der Waals surface area (Å²) in [5.74, 6) is -2.06. The van der Waals surface area contributed by atoms with Crippen LogP contribution in [-0.4, -0.2) is 61.0 Å². The van der Waals surface area contributed by atoms with Crippen LogP contribution in [-0.2, 0) is 25.3 Å². The van der Waals surface area contributed by atoms with E-state index in [0.29, 0.717) is 6.54 Å². The maximum atomic E-state index is 13.8. The Morgan fingerprint density at radius 2 is 2.00 bits per heavy atom. The summed E-state index contributed by atoms with van der Waals surface area (Å²) in [6.45, 7) is 4.16. The molecule has 1 atom stereocenters. The van der Waals surface area contributed by atoms with Crippen molar-refractivity contribution in [2.75, 3.05) is 36.5 Å². The summed E-state index contributed by atoms with van der Waals surface area (Å²) in [5, 5.41) is 2.42. The molecule has 1 saturated carbocycles. The lowest BCUT2D eigenvalue weighted by Gasteiger charge is -2.41. The van der Waals surface area contributed by atoms with Crippen LogP contribution in [0.15, 0.2) is 18.2 Å². The van der Waals surface area contributed by atoms with Crippen molar-refractivity contribution in [2.24, 2.45) is 11.7 Å². The first-order valence-electron chi connectivity index (χ1n) is 10.9. The van der Waals surface area contributed by atoms with Gasteiger partial charge in [0.15, 0.2) is 6.04 Å². The van der Waals surface area contributed by atoms with E-state index in [0.717, 1.165) is 36.3 Å². The van der Waals surface area contributed by atoms with E-state index >= 15 is 0 Å². The Balaban J connectivity index is 1.88. The van der Waals surface area contributed by atoms with Crippen molar-refractivity contribution in [1.29, 1.82) is 0 Å². The third kappa shape index (κ3) is 5.83. The number of ether oxygens (including phenoxy) is 1. The van der Waals surface area contributed by atoms with Crippen molar-refractivity contribution >= 4 is 29.1 Å². The van der Waals surface area contributed by atoms with E-state index in [2.05, 4.69) is 5.32 Å². The van der Waals surface area contributed by atoms with Crippen LogP contribution >= 0.6 is 0 Å². The summed E-state index contributed by atoms with van der Waals surface area (Å²) >= 11 is 0. The molecule has 0 unspecified atom stereocenters. The molecule has 3 rings (SSSR count). The number of hydrogen-bond donors (Lipinski definition) is 2. The first-order valence-corrected chi connectivity index (χ1v) is 10.9. The van der Waals surface area contributed by atoms with Gasteiger partial charge in [-0.05, 0) is 37.0 Å². The van der Waals surface area contributed by atoms with Gasteiger partial charge in [-0.2, -0.15) is 13.2 Å². The maximum Gasteiger partial charge on any atom is 0.418 e. The highest BCUT2D eigenvalue weighted by Crippen LogP contribution is 2.39. The predicted octanol–water partition coefficient (Wildman–Crippen LogP) is 2.37. The number of halogens is 3. The van der Waals surface area contributed by atoms with Gasteiger partial charge in [0.25, 0.3) is 11.8 Å². The van der Waals surface area contributed by atoms with Gasteiger partial charge in [-0.1, -0.05) is 20.3 Å². The molecule has 182 valence electrons. The number of hydrogen-bond acceptors (Lipinski definition) is 5. The zero-order valence-corrected chi connectivity index (χ0v) is 18.7. The minimum atomic E-state index is -4.77. The molecule has 2 aliphatic rings. The Labute approximate surface area is 190 Å². The lowest BCUT2D eigenvalue weighted by molar-refractivity contribution is -0.138. The monoisotopic (exact) mass is 470 g/mol. The Hall–Kier alpha value is -2.66. The van der Waals surface area contributed by atoms with Crippen molar-refractivity contribution < 1.29 is 32.3 Å². The molecule has 1 aliphatic carbocycles. The number of anilines is 2. The zero-order valence-electron chi connectivity index (χ0n) is 18.7. The molecule has 1 heterocycles. The molecule has 3 N–H and O–H groups in total. The van der Waals surface area contributed by atoms with Crippen molar-refractivity contribution in [3.05, 3.63) is 23.8 Å². The molecule has 0 bridgehead atoms. The quantitative estimate of drug-likeness (QED) is 0.568. The van der Waals surface area contributed by atoms with E-state index in [1.807, 2.05) is 13.8 Å². The van der Waals surface area contributed by atoms with Crippen molar-refractivity contribution in [2.45, 2.75) is 51.4 Å². The zero-order chi connectivity index (χ0) is 24.3. The van der Waals surface area contributed by atoms with Crippen molar-refractivity contribution in [3.8, 4) is 0 Å². The number of benzene rings is 1. The van der Waals surface area contributed by atoms with Gasteiger partial charge in [0.05, 0.1) is 17.9 Å². The molecule has 2 fully saturated rings. The van der Waals surface area contributed by atoms with Gasteiger partial charge in [-0.3, -0.25) is 19.3 Å². The predicted molar refractivity (Wildman–Crippen MR) is 115 cm³/mol. The van der Waals surface area contributed by atoms with E-state index in [4.69, 9.17) is 10.5 Å². The number of carbonyl (C=O) groups excluding carboxylic acids is 3. The summed E-state index contributed by atoms with van der Waals surface area (Å²) < 4.78 is 46.4. The van der Waals surface area contributed by atoms with Gasteiger partial charge < -0.3 is 20.7 Å². The highest BCUT2D eigenvalue weighted by Gasteiger charge is 2.40. The molecule has 1 aromatic carbocycles. The van der Waals surface area contributed by atoms with Crippen LogP contribution < -0.4 is 16.0 Å². The number of nitrogens with two attached hydrogens (primary N) is 1. The number of alkyl halides is 3. The summed E-state index contributed by atoms with van der Waals surface area (Å²) in [6, 6.07) is 1.91. The number of morpholine rings is 1. The summed E-state index contributed by atoms with van der Waals surface area (Å²) in [7, 11) is 0. The first-order chi connectivity index (χ1) is 15.5. The third-order valence-corrected chi connectivity index (χ3v) is 5.82.